The molecule has 154 valence electrons. The van der Waals surface area contributed by atoms with Gasteiger partial charge in [0.15, 0.2) is 0 Å². The summed E-state index contributed by atoms with van der Waals surface area (Å²) >= 11 is 0. The minimum atomic E-state index is -0.242. The third-order valence-corrected chi connectivity index (χ3v) is 4.55. The van der Waals surface area contributed by atoms with E-state index in [4.69, 9.17) is 4.74 Å². The van der Waals surface area contributed by atoms with Crippen LogP contribution in [0.3, 0.4) is 0 Å². The van der Waals surface area contributed by atoms with Crippen LogP contribution in [-0.2, 0) is 0 Å². The van der Waals surface area contributed by atoms with Gasteiger partial charge in [0.05, 0.1) is 6.61 Å². The summed E-state index contributed by atoms with van der Waals surface area (Å²) in [6, 6.07) is 23.1. The van der Waals surface area contributed by atoms with Gasteiger partial charge in [0.1, 0.15) is 5.75 Å². The Kier molecular flexibility index (Phi) is 7.61. The van der Waals surface area contributed by atoms with Crippen LogP contribution in [0.4, 0.5) is 11.4 Å². The highest BCUT2D eigenvalue weighted by Gasteiger charge is 2.10. The smallest absolute Gasteiger partial charge is 0.255 e. The lowest BCUT2D eigenvalue weighted by atomic mass is 10.1. The summed E-state index contributed by atoms with van der Waals surface area (Å²) < 4.78 is 5.68. The molecule has 3 aromatic rings. The average molecular weight is 402 g/mol. The summed E-state index contributed by atoms with van der Waals surface area (Å²) in [6.45, 7) is 2.83. The molecular weight excluding hydrogens is 376 g/mol. The van der Waals surface area contributed by atoms with Crippen molar-refractivity contribution in [3.05, 3.63) is 90.0 Å². The Balaban J connectivity index is 1.58. The maximum absolute atomic E-state index is 12.5. The van der Waals surface area contributed by atoms with Crippen molar-refractivity contribution < 1.29 is 14.3 Å². The van der Waals surface area contributed by atoms with Crippen LogP contribution in [0.2, 0.25) is 0 Å². The highest BCUT2D eigenvalue weighted by atomic mass is 16.5. The molecule has 3 aromatic carbocycles. The fourth-order valence-electron chi connectivity index (χ4n) is 2.91. The van der Waals surface area contributed by atoms with Crippen molar-refractivity contribution in [1.82, 2.24) is 0 Å². The van der Waals surface area contributed by atoms with E-state index < -0.39 is 0 Å². The number of carbonyl (C=O) groups is 2. The summed E-state index contributed by atoms with van der Waals surface area (Å²) in [5.74, 6) is 0.275. The predicted octanol–water partition coefficient (Wildman–Crippen LogP) is 5.76. The first-order valence-electron chi connectivity index (χ1n) is 10.2. The number of hydrogen-bond donors (Lipinski definition) is 2. The molecule has 30 heavy (non-hydrogen) atoms. The van der Waals surface area contributed by atoms with E-state index in [0.717, 1.165) is 25.0 Å². The number of amides is 2. The molecule has 0 heterocycles. The number of unbranched alkanes of at least 4 members (excludes halogenated alkanes) is 2. The van der Waals surface area contributed by atoms with Crippen molar-refractivity contribution in [2.45, 2.75) is 26.2 Å². The number of rotatable bonds is 9. The summed E-state index contributed by atoms with van der Waals surface area (Å²) in [5.41, 5.74) is 2.26. The van der Waals surface area contributed by atoms with Crippen LogP contribution in [0.1, 0.15) is 46.9 Å². The zero-order valence-electron chi connectivity index (χ0n) is 17.1. The molecule has 2 amide bonds. The third-order valence-electron chi connectivity index (χ3n) is 4.55. The van der Waals surface area contributed by atoms with E-state index in [-0.39, 0.29) is 11.8 Å². The zero-order chi connectivity index (χ0) is 21.2. The number of benzene rings is 3. The van der Waals surface area contributed by atoms with Gasteiger partial charge in [-0.2, -0.15) is 0 Å². The lowest BCUT2D eigenvalue weighted by Crippen LogP contribution is -2.14. The van der Waals surface area contributed by atoms with Gasteiger partial charge in [0, 0.05) is 22.5 Å². The molecule has 0 saturated heterocycles. The van der Waals surface area contributed by atoms with Gasteiger partial charge < -0.3 is 15.4 Å². The van der Waals surface area contributed by atoms with E-state index in [1.165, 1.54) is 0 Å². The molecule has 5 heteroatoms. The van der Waals surface area contributed by atoms with E-state index >= 15 is 0 Å². The van der Waals surface area contributed by atoms with E-state index in [0.29, 0.717) is 29.1 Å². The van der Waals surface area contributed by atoms with Crippen molar-refractivity contribution >= 4 is 23.2 Å². The fourth-order valence-corrected chi connectivity index (χ4v) is 2.91. The molecule has 0 aliphatic carbocycles. The van der Waals surface area contributed by atoms with Crippen molar-refractivity contribution in [2.24, 2.45) is 0 Å². The Morgan fingerprint density at radius 1 is 0.733 bits per heavy atom. The predicted molar refractivity (Wildman–Crippen MR) is 120 cm³/mol. The van der Waals surface area contributed by atoms with Gasteiger partial charge in [-0.3, -0.25) is 9.59 Å². The first-order valence-corrected chi connectivity index (χ1v) is 10.2. The Bertz CT molecular complexity index is 969. The molecule has 0 aliphatic rings. The van der Waals surface area contributed by atoms with E-state index in [2.05, 4.69) is 17.6 Å². The van der Waals surface area contributed by atoms with E-state index in [1.807, 2.05) is 30.3 Å². The van der Waals surface area contributed by atoms with Crippen LogP contribution >= 0.6 is 0 Å². The molecule has 0 fully saturated rings. The van der Waals surface area contributed by atoms with Crippen LogP contribution in [0.5, 0.6) is 5.75 Å². The summed E-state index contributed by atoms with van der Waals surface area (Å²) in [4.78, 5) is 25.0. The summed E-state index contributed by atoms with van der Waals surface area (Å²) in [6.07, 6.45) is 3.31. The Morgan fingerprint density at radius 3 is 2.13 bits per heavy atom. The lowest BCUT2D eigenvalue weighted by Gasteiger charge is -2.09. The third kappa shape index (κ3) is 6.21. The molecular formula is C25H26N2O3. The SMILES string of the molecule is CCCCCOc1ccc(C(=O)Nc2cccc(C(=O)Nc3ccccc3)c2)cc1. The quantitative estimate of drug-likeness (QED) is 0.447. The minimum absolute atomic E-state index is 0.234. The van der Waals surface area contributed by atoms with Crippen molar-refractivity contribution in [3.8, 4) is 5.75 Å². The number of para-hydroxylation sites is 1. The largest absolute Gasteiger partial charge is 0.494 e. The first-order chi connectivity index (χ1) is 14.7. The van der Waals surface area contributed by atoms with Gasteiger partial charge in [-0.25, -0.2) is 0 Å². The molecule has 0 bridgehead atoms. The molecule has 0 radical (unpaired) electrons. The fraction of sp³-hybridized carbons (Fsp3) is 0.200. The molecule has 0 atom stereocenters. The Hall–Kier alpha value is -3.60. The van der Waals surface area contributed by atoms with Crippen LogP contribution in [0.15, 0.2) is 78.9 Å². The van der Waals surface area contributed by atoms with Gasteiger partial charge in [-0.15, -0.1) is 0 Å². The van der Waals surface area contributed by atoms with Crippen LogP contribution in [0, 0.1) is 0 Å². The first kappa shape index (κ1) is 21.1. The molecule has 0 aliphatic heterocycles. The second kappa shape index (κ2) is 10.8. The van der Waals surface area contributed by atoms with Crippen LogP contribution in [-0.4, -0.2) is 18.4 Å². The number of carbonyl (C=O) groups excluding carboxylic acids is 2. The molecule has 3 rings (SSSR count). The van der Waals surface area contributed by atoms with Crippen molar-refractivity contribution in [2.75, 3.05) is 17.2 Å². The van der Waals surface area contributed by atoms with Gasteiger partial charge in [0.2, 0.25) is 0 Å². The molecule has 0 aromatic heterocycles. The Labute approximate surface area is 177 Å². The lowest BCUT2D eigenvalue weighted by molar-refractivity contribution is 0.101. The summed E-state index contributed by atoms with van der Waals surface area (Å²) in [5, 5.41) is 5.67. The van der Waals surface area contributed by atoms with E-state index in [1.54, 1.807) is 48.5 Å². The molecule has 0 unspecified atom stereocenters. The van der Waals surface area contributed by atoms with Crippen LogP contribution in [0.25, 0.3) is 0 Å². The van der Waals surface area contributed by atoms with Crippen LogP contribution < -0.4 is 15.4 Å². The van der Waals surface area contributed by atoms with Crippen molar-refractivity contribution in [1.29, 1.82) is 0 Å². The number of hydrogen-bond acceptors (Lipinski definition) is 3. The molecule has 0 saturated carbocycles. The van der Waals surface area contributed by atoms with Gasteiger partial charge >= 0.3 is 0 Å². The topological polar surface area (TPSA) is 67.4 Å². The maximum atomic E-state index is 12.5. The van der Waals surface area contributed by atoms with E-state index in [9.17, 15) is 9.59 Å². The Morgan fingerprint density at radius 2 is 1.40 bits per heavy atom. The normalized spacial score (nSPS) is 10.3. The number of ether oxygens (including phenoxy) is 1. The molecule has 5 nitrogen and oxygen atoms in total. The van der Waals surface area contributed by atoms with Gasteiger partial charge in [-0.1, -0.05) is 44.0 Å². The molecule has 0 spiro atoms. The van der Waals surface area contributed by atoms with Gasteiger partial charge in [-0.05, 0) is 61.0 Å². The maximum Gasteiger partial charge on any atom is 0.255 e. The number of anilines is 2. The minimum Gasteiger partial charge on any atom is -0.494 e. The monoisotopic (exact) mass is 402 g/mol. The standard InChI is InChI=1S/C25H26N2O3/c1-2-3-7-17-30-23-15-13-19(14-16-23)24(28)27-22-12-8-9-20(18-22)25(29)26-21-10-5-4-6-11-21/h4-6,8-16,18H,2-3,7,17H2,1H3,(H,26,29)(H,27,28). The van der Waals surface area contributed by atoms with Gasteiger partial charge in [0.25, 0.3) is 11.8 Å². The van der Waals surface area contributed by atoms with Crippen molar-refractivity contribution in [3.63, 3.8) is 0 Å². The zero-order valence-corrected chi connectivity index (χ0v) is 17.1. The highest BCUT2D eigenvalue weighted by molar-refractivity contribution is 6.07. The second-order valence-electron chi connectivity index (χ2n) is 6.94. The second-order valence-corrected chi connectivity index (χ2v) is 6.94. The number of nitrogens with one attached hydrogen (secondary N) is 2. The summed E-state index contributed by atoms with van der Waals surface area (Å²) in [7, 11) is 0. The average Bonchev–Trinajstić information content (AvgIpc) is 2.78. The molecule has 2 N–H and O–H groups in total. The highest BCUT2D eigenvalue weighted by Crippen LogP contribution is 2.17.